The molecule has 0 saturated carbocycles. The largest absolute Gasteiger partial charge is 0.485 e. The second-order valence-electron chi connectivity index (χ2n) is 3.98. The van der Waals surface area contributed by atoms with Crippen molar-refractivity contribution in [3.05, 3.63) is 47.3 Å². The molecular formula is C13H15NO3. The molecule has 4 heteroatoms. The van der Waals surface area contributed by atoms with E-state index in [1.807, 2.05) is 25.1 Å². The molecule has 0 radical (unpaired) electrons. The molecule has 0 spiro atoms. The number of nitrogens with zero attached hydrogens (tertiary/aromatic N) is 1. The highest BCUT2D eigenvalue weighted by atomic mass is 16.5. The summed E-state index contributed by atoms with van der Waals surface area (Å²) in [5.74, 6) is 1.32. The number of hydrogen-bond acceptors (Lipinski definition) is 4. The predicted molar refractivity (Wildman–Crippen MR) is 62.6 cm³/mol. The van der Waals surface area contributed by atoms with Crippen molar-refractivity contribution in [2.45, 2.75) is 26.6 Å². The van der Waals surface area contributed by atoms with Crippen LogP contribution in [0, 0.1) is 6.92 Å². The van der Waals surface area contributed by atoms with Crippen LogP contribution in [0.5, 0.6) is 5.75 Å². The van der Waals surface area contributed by atoms with Crippen LogP contribution in [0.3, 0.4) is 0 Å². The summed E-state index contributed by atoms with van der Waals surface area (Å²) in [6, 6.07) is 7.46. The van der Waals surface area contributed by atoms with Gasteiger partial charge in [-0.2, -0.15) is 0 Å². The van der Waals surface area contributed by atoms with E-state index in [2.05, 4.69) is 5.16 Å². The summed E-state index contributed by atoms with van der Waals surface area (Å²) in [5, 5.41) is 13.3. The molecule has 1 aromatic carbocycles. The van der Waals surface area contributed by atoms with Gasteiger partial charge in [0.15, 0.2) is 5.76 Å². The maximum Gasteiger partial charge on any atom is 0.174 e. The lowest BCUT2D eigenvalue weighted by Gasteiger charge is -2.13. The normalized spacial score (nSPS) is 12.4. The molecule has 2 rings (SSSR count). The van der Waals surface area contributed by atoms with E-state index in [1.165, 1.54) is 0 Å². The lowest BCUT2D eigenvalue weighted by atomic mass is 10.1. The van der Waals surface area contributed by atoms with Gasteiger partial charge in [0.2, 0.25) is 0 Å². The first kappa shape index (κ1) is 11.7. The lowest BCUT2D eigenvalue weighted by molar-refractivity contribution is 0.186. The molecule has 0 amide bonds. The van der Waals surface area contributed by atoms with Gasteiger partial charge in [0.1, 0.15) is 12.4 Å². The Morgan fingerprint density at radius 1 is 1.41 bits per heavy atom. The fraction of sp³-hybridized carbons (Fsp3) is 0.308. The van der Waals surface area contributed by atoms with E-state index in [9.17, 15) is 5.11 Å². The molecule has 0 bridgehead atoms. The Bertz CT molecular complexity index is 477. The molecule has 0 saturated heterocycles. The maximum atomic E-state index is 9.67. The van der Waals surface area contributed by atoms with E-state index < -0.39 is 6.10 Å². The first-order valence-electron chi connectivity index (χ1n) is 5.48. The second kappa shape index (κ2) is 5.01. The lowest BCUT2D eigenvalue weighted by Crippen LogP contribution is -2.00. The number of aliphatic hydroxyl groups is 1. The topological polar surface area (TPSA) is 55.5 Å². The van der Waals surface area contributed by atoms with Gasteiger partial charge < -0.3 is 14.4 Å². The summed E-state index contributed by atoms with van der Waals surface area (Å²) in [7, 11) is 0. The van der Waals surface area contributed by atoms with Gasteiger partial charge in [0.05, 0.1) is 12.3 Å². The van der Waals surface area contributed by atoms with Crippen LogP contribution in [0.4, 0.5) is 0 Å². The Morgan fingerprint density at radius 3 is 2.88 bits per heavy atom. The number of benzene rings is 1. The smallest absolute Gasteiger partial charge is 0.174 e. The van der Waals surface area contributed by atoms with Crippen LogP contribution in [0.2, 0.25) is 0 Å². The monoisotopic (exact) mass is 233 g/mol. The molecule has 1 N–H and O–H groups in total. The summed E-state index contributed by atoms with van der Waals surface area (Å²) in [5.41, 5.74) is 1.87. The number of aliphatic hydroxyl groups excluding tert-OH is 1. The van der Waals surface area contributed by atoms with E-state index in [4.69, 9.17) is 9.26 Å². The van der Waals surface area contributed by atoms with Crippen LogP contribution in [0.25, 0.3) is 0 Å². The van der Waals surface area contributed by atoms with Crippen molar-refractivity contribution in [1.82, 2.24) is 5.16 Å². The predicted octanol–water partition coefficient (Wildman–Crippen LogP) is 2.62. The summed E-state index contributed by atoms with van der Waals surface area (Å²) in [6.07, 6.45) is 1.02. The van der Waals surface area contributed by atoms with Crippen LogP contribution in [-0.2, 0) is 6.61 Å². The Hall–Kier alpha value is -1.81. The molecule has 17 heavy (non-hydrogen) atoms. The minimum absolute atomic E-state index is 0.308. The minimum Gasteiger partial charge on any atom is -0.485 e. The number of hydrogen-bond donors (Lipinski definition) is 1. The molecule has 0 unspecified atom stereocenters. The summed E-state index contributed by atoms with van der Waals surface area (Å²) in [6.45, 7) is 4.00. The Kier molecular flexibility index (Phi) is 3.44. The van der Waals surface area contributed by atoms with Crippen molar-refractivity contribution in [3.63, 3.8) is 0 Å². The van der Waals surface area contributed by atoms with Crippen LogP contribution in [0.15, 0.2) is 35.0 Å². The van der Waals surface area contributed by atoms with Gasteiger partial charge in [-0.05, 0) is 26.0 Å². The third kappa shape index (κ3) is 2.85. The average molecular weight is 233 g/mol. The molecule has 1 heterocycles. The summed E-state index contributed by atoms with van der Waals surface area (Å²) < 4.78 is 10.5. The molecular weight excluding hydrogens is 218 g/mol. The second-order valence-corrected chi connectivity index (χ2v) is 3.98. The standard InChI is InChI=1S/C13H15NO3/c1-9-3-4-13(12(7-9)10(2)15)16-8-11-5-6-14-17-11/h3-7,10,15H,8H2,1-2H3/t10-/m0/s1. The first-order valence-corrected chi connectivity index (χ1v) is 5.48. The average Bonchev–Trinajstić information content (AvgIpc) is 2.80. The van der Waals surface area contributed by atoms with E-state index >= 15 is 0 Å². The van der Waals surface area contributed by atoms with E-state index in [0.717, 1.165) is 11.1 Å². The molecule has 90 valence electrons. The minimum atomic E-state index is -0.556. The van der Waals surface area contributed by atoms with Gasteiger partial charge in [0.25, 0.3) is 0 Å². The number of ether oxygens (including phenoxy) is 1. The van der Waals surface area contributed by atoms with Gasteiger partial charge >= 0.3 is 0 Å². The molecule has 0 aliphatic heterocycles. The zero-order valence-electron chi connectivity index (χ0n) is 9.88. The maximum absolute atomic E-state index is 9.67. The van der Waals surface area contributed by atoms with Gasteiger partial charge in [0, 0.05) is 11.6 Å². The van der Waals surface area contributed by atoms with Crippen molar-refractivity contribution in [1.29, 1.82) is 0 Å². The molecule has 4 nitrogen and oxygen atoms in total. The van der Waals surface area contributed by atoms with E-state index in [-0.39, 0.29) is 0 Å². The van der Waals surface area contributed by atoms with Crippen LogP contribution in [0.1, 0.15) is 29.9 Å². The quantitative estimate of drug-likeness (QED) is 0.881. The number of aryl methyl sites for hydroxylation is 1. The SMILES string of the molecule is Cc1ccc(OCc2ccno2)c([C@H](C)O)c1. The number of aromatic nitrogens is 1. The molecule has 2 aromatic rings. The van der Waals surface area contributed by atoms with Gasteiger partial charge in [-0.3, -0.25) is 0 Å². The third-order valence-corrected chi connectivity index (χ3v) is 2.48. The number of rotatable bonds is 4. The van der Waals surface area contributed by atoms with Gasteiger partial charge in [-0.15, -0.1) is 0 Å². The van der Waals surface area contributed by atoms with Crippen molar-refractivity contribution in [2.24, 2.45) is 0 Å². The van der Waals surface area contributed by atoms with Crippen LogP contribution < -0.4 is 4.74 Å². The van der Waals surface area contributed by atoms with Crippen molar-refractivity contribution < 1.29 is 14.4 Å². The molecule has 1 atom stereocenters. The van der Waals surface area contributed by atoms with Crippen molar-refractivity contribution in [3.8, 4) is 5.75 Å². The Morgan fingerprint density at radius 2 is 2.24 bits per heavy atom. The highest BCUT2D eigenvalue weighted by molar-refractivity contribution is 5.38. The Labute approximate surface area is 99.8 Å². The van der Waals surface area contributed by atoms with Crippen LogP contribution in [-0.4, -0.2) is 10.3 Å². The van der Waals surface area contributed by atoms with E-state index in [0.29, 0.717) is 18.1 Å². The highest BCUT2D eigenvalue weighted by Crippen LogP contribution is 2.26. The van der Waals surface area contributed by atoms with Crippen LogP contribution >= 0.6 is 0 Å². The summed E-state index contributed by atoms with van der Waals surface area (Å²) >= 11 is 0. The molecule has 1 aromatic heterocycles. The first-order chi connectivity index (χ1) is 8.16. The van der Waals surface area contributed by atoms with Crippen molar-refractivity contribution in [2.75, 3.05) is 0 Å². The zero-order chi connectivity index (χ0) is 12.3. The third-order valence-electron chi connectivity index (χ3n) is 2.48. The van der Waals surface area contributed by atoms with Gasteiger partial charge in [-0.25, -0.2) is 0 Å². The Balaban J connectivity index is 2.14. The fourth-order valence-electron chi connectivity index (χ4n) is 1.59. The van der Waals surface area contributed by atoms with Gasteiger partial charge in [-0.1, -0.05) is 16.8 Å². The molecule has 0 fully saturated rings. The molecule has 0 aliphatic carbocycles. The highest BCUT2D eigenvalue weighted by Gasteiger charge is 2.10. The summed E-state index contributed by atoms with van der Waals surface area (Å²) in [4.78, 5) is 0. The fourth-order valence-corrected chi connectivity index (χ4v) is 1.59. The molecule has 0 aliphatic rings. The zero-order valence-corrected chi connectivity index (χ0v) is 9.88. The van der Waals surface area contributed by atoms with E-state index in [1.54, 1.807) is 19.2 Å². The van der Waals surface area contributed by atoms with Crippen molar-refractivity contribution >= 4 is 0 Å².